The number of benzene rings is 6. The number of amides is 1. The fourth-order valence-corrected chi connectivity index (χ4v) is 7.77. The van der Waals surface area contributed by atoms with Gasteiger partial charge < -0.3 is 19.7 Å². The molecule has 6 aromatic rings. The molecule has 6 nitrogen and oxygen atoms in total. The van der Waals surface area contributed by atoms with Crippen molar-refractivity contribution in [3.05, 3.63) is 166 Å². The number of aliphatic hydroxyl groups excluding tert-OH is 2. The van der Waals surface area contributed by atoms with E-state index in [1.54, 1.807) is 0 Å². The van der Waals surface area contributed by atoms with Gasteiger partial charge in [0.25, 0.3) is 5.91 Å². The largest absolute Gasteiger partial charge is 0.490 e. The highest BCUT2D eigenvalue weighted by atomic mass is 16.5. The van der Waals surface area contributed by atoms with Crippen LogP contribution in [0.2, 0.25) is 0 Å². The molecule has 0 aliphatic carbocycles. The molecule has 7 rings (SSSR count). The molecule has 0 radical (unpaired) electrons. The lowest BCUT2D eigenvalue weighted by Crippen LogP contribution is -2.42. The highest BCUT2D eigenvalue weighted by molar-refractivity contribution is 6.17. The summed E-state index contributed by atoms with van der Waals surface area (Å²) in [6.45, 7) is 8.23. The normalized spacial score (nSPS) is 13.3. The number of aliphatic hydroxyl groups is 2. The number of para-hydroxylation sites is 2. The topological polar surface area (TPSA) is 79.2 Å². The summed E-state index contributed by atoms with van der Waals surface area (Å²) in [5.74, 6) is 1.28. The van der Waals surface area contributed by atoms with Crippen LogP contribution in [0.25, 0.3) is 22.3 Å². The number of rotatable bonds is 11. The lowest BCUT2D eigenvalue weighted by atomic mass is 9.65. The molecule has 1 aliphatic rings. The highest BCUT2D eigenvalue weighted by Crippen LogP contribution is 2.57. The Balaban J connectivity index is 1.65. The summed E-state index contributed by atoms with van der Waals surface area (Å²) in [5, 5.41) is 19.6. The van der Waals surface area contributed by atoms with Gasteiger partial charge in [0, 0.05) is 22.4 Å². The third-order valence-electron chi connectivity index (χ3n) is 10.4. The Labute approximate surface area is 305 Å². The standard InChI is InChI=1S/C46H43NO5/c1-30-32(3)43(51-26-24-48)37(34-16-8-5-9-17-34)28-40(30)46(39-22-14-15-23-42(39)47(45(46)50)36-20-12-7-13-21-36)41-29-38(35-18-10-6-11-19-35)44(52-27-25-49)33(4)31(41)2/h5-23,28-29,48-49H,24-27H2,1-4H3. The predicted octanol–water partition coefficient (Wildman–Crippen LogP) is 9.01. The van der Waals surface area contributed by atoms with E-state index in [1.165, 1.54) is 0 Å². The van der Waals surface area contributed by atoms with E-state index in [2.05, 4.69) is 32.0 Å². The van der Waals surface area contributed by atoms with Crippen molar-refractivity contribution in [3.63, 3.8) is 0 Å². The number of fused-ring (bicyclic) bond motifs is 1. The maximum Gasteiger partial charge on any atom is 0.251 e. The zero-order valence-corrected chi connectivity index (χ0v) is 30.0. The molecular formula is C46H43NO5. The van der Waals surface area contributed by atoms with Gasteiger partial charge in [-0.25, -0.2) is 0 Å². The Morgan fingerprint density at radius 1 is 0.538 bits per heavy atom. The number of hydrogen-bond donors (Lipinski definition) is 2. The first-order chi connectivity index (χ1) is 25.3. The van der Waals surface area contributed by atoms with Crippen LogP contribution in [-0.4, -0.2) is 42.5 Å². The number of ether oxygens (including phenoxy) is 2. The van der Waals surface area contributed by atoms with Crippen LogP contribution in [0.15, 0.2) is 127 Å². The predicted molar refractivity (Wildman–Crippen MR) is 208 cm³/mol. The minimum absolute atomic E-state index is 0.0871. The molecule has 0 saturated heterocycles. The molecule has 52 heavy (non-hydrogen) atoms. The molecule has 0 atom stereocenters. The maximum atomic E-state index is 16.0. The fraction of sp³-hybridized carbons (Fsp3) is 0.196. The van der Waals surface area contributed by atoms with Crippen LogP contribution in [0.5, 0.6) is 11.5 Å². The fourth-order valence-electron chi connectivity index (χ4n) is 7.77. The number of hydrogen-bond acceptors (Lipinski definition) is 5. The van der Waals surface area contributed by atoms with Gasteiger partial charge in [-0.05, 0) is 103 Å². The number of nitrogens with zero attached hydrogens (tertiary/aromatic N) is 1. The van der Waals surface area contributed by atoms with Gasteiger partial charge >= 0.3 is 0 Å². The molecular weight excluding hydrogens is 647 g/mol. The van der Waals surface area contributed by atoms with Crippen LogP contribution < -0.4 is 14.4 Å². The molecule has 0 bridgehead atoms. The van der Waals surface area contributed by atoms with E-state index in [1.807, 2.05) is 128 Å². The van der Waals surface area contributed by atoms with E-state index < -0.39 is 5.41 Å². The lowest BCUT2D eigenvalue weighted by molar-refractivity contribution is -0.120. The Bertz CT molecular complexity index is 2120. The minimum atomic E-state index is -1.30. The SMILES string of the molecule is Cc1c(C2(c3cc(-c4ccccc4)c(OCCO)c(C)c3C)C(=O)N(c3ccccc3)c3ccccc32)cc(-c2ccccc2)c(OCCO)c1C. The summed E-state index contributed by atoms with van der Waals surface area (Å²) in [6.07, 6.45) is 0. The van der Waals surface area contributed by atoms with E-state index in [4.69, 9.17) is 9.47 Å². The zero-order valence-electron chi connectivity index (χ0n) is 30.0. The Morgan fingerprint density at radius 3 is 1.42 bits per heavy atom. The number of carbonyl (C=O) groups is 1. The van der Waals surface area contributed by atoms with Gasteiger partial charge in [0.15, 0.2) is 0 Å². The zero-order chi connectivity index (χ0) is 36.4. The maximum absolute atomic E-state index is 16.0. The molecule has 0 unspecified atom stereocenters. The molecule has 6 aromatic carbocycles. The van der Waals surface area contributed by atoms with Crippen molar-refractivity contribution >= 4 is 17.3 Å². The number of anilines is 2. The van der Waals surface area contributed by atoms with Crippen molar-refractivity contribution in [1.82, 2.24) is 0 Å². The van der Waals surface area contributed by atoms with Crippen molar-refractivity contribution in [2.45, 2.75) is 33.1 Å². The molecule has 6 heteroatoms. The van der Waals surface area contributed by atoms with Crippen LogP contribution in [0.3, 0.4) is 0 Å². The molecule has 1 aliphatic heterocycles. The third kappa shape index (κ3) is 5.65. The van der Waals surface area contributed by atoms with Crippen LogP contribution in [0, 0.1) is 27.7 Å². The van der Waals surface area contributed by atoms with Crippen LogP contribution in [-0.2, 0) is 10.2 Å². The van der Waals surface area contributed by atoms with Crippen molar-refractivity contribution in [3.8, 4) is 33.8 Å². The van der Waals surface area contributed by atoms with E-state index >= 15 is 4.79 Å². The summed E-state index contributed by atoms with van der Waals surface area (Å²) >= 11 is 0. The molecule has 1 amide bonds. The number of carbonyl (C=O) groups excluding carboxylic acids is 1. The summed E-state index contributed by atoms with van der Waals surface area (Å²) in [5.41, 5.74) is 10.1. The van der Waals surface area contributed by atoms with Gasteiger partial charge in [-0.1, -0.05) is 97.1 Å². The Kier molecular flexibility index (Phi) is 9.69. The van der Waals surface area contributed by atoms with Gasteiger partial charge in [0.1, 0.15) is 30.1 Å². The molecule has 262 valence electrons. The van der Waals surface area contributed by atoms with Crippen molar-refractivity contribution < 1.29 is 24.5 Å². The average molecular weight is 690 g/mol. The molecule has 2 N–H and O–H groups in total. The van der Waals surface area contributed by atoms with Gasteiger partial charge in [-0.15, -0.1) is 0 Å². The van der Waals surface area contributed by atoms with Gasteiger partial charge in [-0.3, -0.25) is 9.69 Å². The van der Waals surface area contributed by atoms with Crippen LogP contribution in [0.4, 0.5) is 11.4 Å². The minimum Gasteiger partial charge on any atom is -0.490 e. The quantitative estimate of drug-likeness (QED) is 0.142. The summed E-state index contributed by atoms with van der Waals surface area (Å²) in [4.78, 5) is 17.9. The van der Waals surface area contributed by atoms with Gasteiger partial charge in [-0.2, -0.15) is 0 Å². The molecule has 0 saturated carbocycles. The van der Waals surface area contributed by atoms with E-state index in [9.17, 15) is 10.2 Å². The first-order valence-electron chi connectivity index (χ1n) is 17.7. The van der Waals surface area contributed by atoms with Gasteiger partial charge in [0.2, 0.25) is 0 Å². The summed E-state index contributed by atoms with van der Waals surface area (Å²) in [7, 11) is 0. The summed E-state index contributed by atoms with van der Waals surface area (Å²) in [6, 6.07) is 42.3. The van der Waals surface area contributed by atoms with Crippen LogP contribution >= 0.6 is 0 Å². The van der Waals surface area contributed by atoms with Crippen molar-refractivity contribution in [1.29, 1.82) is 0 Å². The smallest absolute Gasteiger partial charge is 0.251 e. The second kappa shape index (κ2) is 14.5. The average Bonchev–Trinajstić information content (AvgIpc) is 3.44. The first-order valence-corrected chi connectivity index (χ1v) is 17.7. The Morgan fingerprint density at radius 2 is 0.962 bits per heavy atom. The highest BCUT2D eigenvalue weighted by Gasteiger charge is 2.56. The van der Waals surface area contributed by atoms with E-state index in [-0.39, 0.29) is 32.3 Å². The molecule has 0 spiro atoms. The molecule has 0 fully saturated rings. The second-order valence-corrected chi connectivity index (χ2v) is 13.2. The van der Waals surface area contributed by atoms with Crippen molar-refractivity contribution in [2.75, 3.05) is 31.3 Å². The second-order valence-electron chi connectivity index (χ2n) is 13.2. The van der Waals surface area contributed by atoms with Crippen molar-refractivity contribution in [2.24, 2.45) is 0 Å². The Hall–Kier alpha value is -5.69. The van der Waals surface area contributed by atoms with E-state index in [0.717, 1.165) is 72.6 Å². The van der Waals surface area contributed by atoms with E-state index in [0.29, 0.717) is 11.5 Å². The third-order valence-corrected chi connectivity index (χ3v) is 10.4. The monoisotopic (exact) mass is 689 g/mol. The summed E-state index contributed by atoms with van der Waals surface area (Å²) < 4.78 is 12.6. The van der Waals surface area contributed by atoms with Gasteiger partial charge in [0.05, 0.1) is 18.9 Å². The molecule has 0 aromatic heterocycles. The van der Waals surface area contributed by atoms with Crippen LogP contribution in [0.1, 0.15) is 38.9 Å². The lowest BCUT2D eigenvalue weighted by Gasteiger charge is -2.36. The molecule has 1 heterocycles. The first kappa shape index (κ1) is 34.7.